The predicted octanol–water partition coefficient (Wildman–Crippen LogP) is 1.58. The number of fused-ring (bicyclic) bond motifs is 1. The third-order valence-corrected chi connectivity index (χ3v) is 5.60. The van der Waals surface area contributed by atoms with Gasteiger partial charge in [0.1, 0.15) is 11.8 Å². The maximum Gasteiger partial charge on any atom is 0.289 e. The molecular weight excluding hydrogens is 402 g/mol. The summed E-state index contributed by atoms with van der Waals surface area (Å²) in [4.78, 5) is 54.7. The lowest BCUT2D eigenvalue weighted by atomic mass is 10.1. The van der Waals surface area contributed by atoms with Crippen LogP contribution in [0.15, 0.2) is 41.0 Å². The molecule has 0 N–H and O–H groups in total. The summed E-state index contributed by atoms with van der Waals surface area (Å²) in [6, 6.07) is 7.35. The van der Waals surface area contributed by atoms with Crippen LogP contribution in [0.4, 0.5) is 5.69 Å². The Labute approximate surface area is 179 Å². The maximum atomic E-state index is 13.2. The number of piperazine rings is 1. The molecule has 0 spiro atoms. The van der Waals surface area contributed by atoms with Crippen molar-refractivity contribution in [3.8, 4) is 5.75 Å². The first-order valence-corrected chi connectivity index (χ1v) is 10.1. The molecule has 9 heteroatoms. The number of ketones is 1. The van der Waals surface area contributed by atoms with Gasteiger partial charge in [0.05, 0.1) is 12.0 Å². The summed E-state index contributed by atoms with van der Waals surface area (Å²) >= 11 is 0. The predicted molar refractivity (Wildman–Crippen MR) is 110 cm³/mol. The molecule has 1 aromatic carbocycles. The van der Waals surface area contributed by atoms with E-state index >= 15 is 0 Å². The van der Waals surface area contributed by atoms with Crippen molar-refractivity contribution in [2.75, 3.05) is 37.7 Å². The van der Waals surface area contributed by atoms with Crippen LogP contribution in [-0.2, 0) is 9.59 Å². The van der Waals surface area contributed by atoms with Crippen molar-refractivity contribution in [3.05, 3.63) is 47.9 Å². The van der Waals surface area contributed by atoms with Crippen molar-refractivity contribution in [1.82, 2.24) is 9.80 Å². The van der Waals surface area contributed by atoms with Gasteiger partial charge in [-0.25, -0.2) is 0 Å². The number of hydrogen-bond donors (Lipinski definition) is 0. The van der Waals surface area contributed by atoms with Crippen LogP contribution in [0.3, 0.4) is 0 Å². The molecule has 1 fully saturated rings. The van der Waals surface area contributed by atoms with Gasteiger partial charge in [-0.2, -0.15) is 0 Å². The molecule has 0 radical (unpaired) electrons. The van der Waals surface area contributed by atoms with E-state index in [9.17, 15) is 19.2 Å². The van der Waals surface area contributed by atoms with Gasteiger partial charge in [0.15, 0.2) is 18.2 Å². The SMILES string of the molecule is CC(=O)c1ccc2c(c1)N(C(C)C(=O)N1CCN(C(=O)c3ccco3)CC1)C(=O)CO2. The normalized spacial score (nSPS) is 17.1. The van der Waals surface area contributed by atoms with Gasteiger partial charge in [-0.05, 0) is 44.2 Å². The fraction of sp³-hybridized carbons (Fsp3) is 0.364. The van der Waals surface area contributed by atoms with Crippen LogP contribution in [0.2, 0.25) is 0 Å². The number of benzene rings is 1. The standard InChI is InChI=1S/C22H23N3O6/c1-14(25-17-12-16(15(2)26)5-6-18(17)31-13-20(25)27)21(28)23-7-9-24(10-8-23)22(29)19-4-3-11-30-19/h3-6,11-12,14H,7-10,13H2,1-2H3. The second-order valence-corrected chi connectivity index (χ2v) is 7.56. The van der Waals surface area contributed by atoms with Gasteiger partial charge in [0, 0.05) is 31.7 Å². The zero-order chi connectivity index (χ0) is 22.1. The Morgan fingerprint density at radius 1 is 1.03 bits per heavy atom. The summed E-state index contributed by atoms with van der Waals surface area (Å²) in [6.45, 7) is 4.39. The highest BCUT2D eigenvalue weighted by molar-refractivity contribution is 6.05. The van der Waals surface area contributed by atoms with Gasteiger partial charge in [0.2, 0.25) is 5.91 Å². The molecule has 0 bridgehead atoms. The van der Waals surface area contributed by atoms with Gasteiger partial charge >= 0.3 is 0 Å². The Morgan fingerprint density at radius 2 is 1.74 bits per heavy atom. The number of amides is 3. The van der Waals surface area contributed by atoms with E-state index in [0.717, 1.165) is 0 Å². The minimum Gasteiger partial charge on any atom is -0.482 e. The molecule has 2 aliphatic heterocycles. The van der Waals surface area contributed by atoms with Crippen molar-refractivity contribution in [2.45, 2.75) is 19.9 Å². The lowest BCUT2D eigenvalue weighted by Crippen LogP contribution is -2.57. The van der Waals surface area contributed by atoms with Gasteiger partial charge in [-0.3, -0.25) is 24.1 Å². The number of Topliss-reactive ketones (excluding diaryl/α,β-unsaturated/α-hetero) is 1. The van der Waals surface area contributed by atoms with E-state index in [2.05, 4.69) is 0 Å². The molecule has 0 aliphatic carbocycles. The monoisotopic (exact) mass is 425 g/mol. The number of anilines is 1. The summed E-state index contributed by atoms with van der Waals surface area (Å²) in [5.74, 6) is -0.195. The van der Waals surface area contributed by atoms with Crippen molar-refractivity contribution in [3.63, 3.8) is 0 Å². The number of rotatable bonds is 4. The molecule has 9 nitrogen and oxygen atoms in total. The molecule has 162 valence electrons. The first-order chi connectivity index (χ1) is 14.9. The van der Waals surface area contributed by atoms with Crippen LogP contribution in [-0.4, -0.2) is 72.1 Å². The van der Waals surface area contributed by atoms with Crippen LogP contribution in [0.5, 0.6) is 5.75 Å². The van der Waals surface area contributed by atoms with Crippen LogP contribution in [0.1, 0.15) is 34.8 Å². The first-order valence-electron chi connectivity index (χ1n) is 10.1. The average molecular weight is 425 g/mol. The highest BCUT2D eigenvalue weighted by Gasteiger charge is 2.36. The van der Waals surface area contributed by atoms with Gasteiger partial charge in [-0.15, -0.1) is 0 Å². The Kier molecular flexibility index (Phi) is 5.50. The smallest absolute Gasteiger partial charge is 0.289 e. The number of ether oxygens (including phenoxy) is 1. The van der Waals surface area contributed by atoms with Gasteiger partial charge in [0.25, 0.3) is 11.8 Å². The fourth-order valence-electron chi connectivity index (χ4n) is 3.88. The number of carbonyl (C=O) groups is 4. The Bertz CT molecular complexity index is 1020. The molecule has 1 unspecified atom stereocenters. The maximum absolute atomic E-state index is 13.2. The highest BCUT2D eigenvalue weighted by Crippen LogP contribution is 2.35. The second-order valence-electron chi connectivity index (χ2n) is 7.56. The van der Waals surface area contributed by atoms with E-state index < -0.39 is 6.04 Å². The molecule has 2 aliphatic rings. The summed E-state index contributed by atoms with van der Waals surface area (Å²) in [6.07, 6.45) is 1.45. The Morgan fingerprint density at radius 3 is 2.39 bits per heavy atom. The van der Waals surface area contributed by atoms with E-state index in [-0.39, 0.29) is 35.9 Å². The van der Waals surface area contributed by atoms with Crippen molar-refractivity contribution >= 4 is 29.2 Å². The van der Waals surface area contributed by atoms with E-state index in [4.69, 9.17) is 9.15 Å². The first kappa shape index (κ1) is 20.6. The van der Waals surface area contributed by atoms with E-state index in [1.807, 2.05) is 0 Å². The summed E-state index contributed by atoms with van der Waals surface area (Å²) < 4.78 is 10.6. The van der Waals surface area contributed by atoms with Crippen molar-refractivity contribution in [2.24, 2.45) is 0 Å². The van der Waals surface area contributed by atoms with Gasteiger partial charge in [-0.1, -0.05) is 0 Å². The second kappa shape index (κ2) is 8.25. The molecule has 0 saturated carbocycles. The zero-order valence-corrected chi connectivity index (χ0v) is 17.4. The van der Waals surface area contributed by atoms with Crippen LogP contribution in [0, 0.1) is 0 Å². The van der Waals surface area contributed by atoms with Gasteiger partial charge < -0.3 is 19.0 Å². The largest absolute Gasteiger partial charge is 0.482 e. The fourth-order valence-corrected chi connectivity index (χ4v) is 3.88. The number of furan rings is 1. The minimum atomic E-state index is -0.773. The molecule has 2 aromatic rings. The molecule has 31 heavy (non-hydrogen) atoms. The summed E-state index contributed by atoms with van der Waals surface area (Å²) in [5, 5.41) is 0. The molecular formula is C22H23N3O6. The zero-order valence-electron chi connectivity index (χ0n) is 17.4. The quantitative estimate of drug-likeness (QED) is 0.690. The lowest BCUT2D eigenvalue weighted by molar-refractivity contribution is -0.136. The third-order valence-electron chi connectivity index (χ3n) is 5.60. The molecule has 1 saturated heterocycles. The molecule has 1 aromatic heterocycles. The highest BCUT2D eigenvalue weighted by atomic mass is 16.5. The van der Waals surface area contributed by atoms with E-state index in [0.29, 0.717) is 43.2 Å². The molecule has 3 amide bonds. The Hall–Kier alpha value is -3.62. The molecule has 1 atom stereocenters. The van der Waals surface area contributed by atoms with Crippen LogP contribution < -0.4 is 9.64 Å². The van der Waals surface area contributed by atoms with E-state index in [1.54, 1.807) is 47.1 Å². The lowest BCUT2D eigenvalue weighted by Gasteiger charge is -2.39. The molecule has 4 rings (SSSR count). The van der Waals surface area contributed by atoms with Crippen molar-refractivity contribution < 1.29 is 28.3 Å². The summed E-state index contributed by atoms with van der Waals surface area (Å²) in [5.41, 5.74) is 0.850. The van der Waals surface area contributed by atoms with Crippen LogP contribution >= 0.6 is 0 Å². The van der Waals surface area contributed by atoms with E-state index in [1.165, 1.54) is 18.1 Å². The minimum absolute atomic E-state index is 0.142. The average Bonchev–Trinajstić information content (AvgIpc) is 3.32. The van der Waals surface area contributed by atoms with Crippen LogP contribution in [0.25, 0.3) is 0 Å². The number of carbonyl (C=O) groups excluding carboxylic acids is 4. The van der Waals surface area contributed by atoms with Crippen molar-refractivity contribution in [1.29, 1.82) is 0 Å². The topological polar surface area (TPSA) is 100 Å². The summed E-state index contributed by atoms with van der Waals surface area (Å²) in [7, 11) is 0. The third kappa shape index (κ3) is 3.90. The number of hydrogen-bond acceptors (Lipinski definition) is 6. The Balaban J connectivity index is 1.48. The molecule has 3 heterocycles. The number of nitrogens with zero attached hydrogens (tertiary/aromatic N) is 3.